The topological polar surface area (TPSA) is 12.0 Å². The van der Waals surface area contributed by atoms with Gasteiger partial charge in [-0.15, -0.1) is 0 Å². The molecule has 2 bridgehead atoms. The van der Waals surface area contributed by atoms with E-state index in [1.165, 1.54) is 12.1 Å². The summed E-state index contributed by atoms with van der Waals surface area (Å²) in [5.41, 5.74) is -0.829. The summed E-state index contributed by atoms with van der Waals surface area (Å²) in [4.78, 5) is 0. The van der Waals surface area contributed by atoms with Gasteiger partial charge in [0.2, 0.25) is 0 Å². The van der Waals surface area contributed by atoms with Crippen LogP contribution in [0.4, 0.5) is 8.78 Å². The third kappa shape index (κ3) is 1.63. The Labute approximate surface area is 93.9 Å². The second-order valence-electron chi connectivity index (χ2n) is 5.02. The zero-order valence-corrected chi connectivity index (χ0v) is 9.05. The molecule has 3 heteroatoms. The van der Waals surface area contributed by atoms with Gasteiger partial charge < -0.3 is 5.32 Å². The van der Waals surface area contributed by atoms with Crippen LogP contribution in [0.5, 0.6) is 0 Å². The van der Waals surface area contributed by atoms with E-state index in [9.17, 15) is 8.78 Å². The van der Waals surface area contributed by atoms with Crippen LogP contribution in [0.25, 0.3) is 0 Å². The maximum Gasteiger partial charge on any atom is 0.139 e. The lowest BCUT2D eigenvalue weighted by Crippen LogP contribution is -2.44. The average molecular weight is 223 g/mol. The predicted molar refractivity (Wildman–Crippen MR) is 58.4 cm³/mol. The van der Waals surface area contributed by atoms with Crippen molar-refractivity contribution in [3.63, 3.8) is 0 Å². The van der Waals surface area contributed by atoms with Crippen molar-refractivity contribution in [1.82, 2.24) is 5.32 Å². The molecule has 0 aromatic heterocycles. The Morgan fingerprint density at radius 1 is 1.19 bits per heavy atom. The molecule has 3 rings (SSSR count). The van der Waals surface area contributed by atoms with Gasteiger partial charge >= 0.3 is 0 Å². The fourth-order valence-electron chi connectivity index (χ4n) is 3.09. The first-order valence-electron chi connectivity index (χ1n) is 5.87. The van der Waals surface area contributed by atoms with Gasteiger partial charge in [-0.1, -0.05) is 12.1 Å². The second kappa shape index (κ2) is 3.52. The van der Waals surface area contributed by atoms with Crippen LogP contribution in [0, 0.1) is 5.82 Å². The minimum atomic E-state index is -1.33. The molecule has 2 heterocycles. The van der Waals surface area contributed by atoms with Gasteiger partial charge in [0.1, 0.15) is 11.5 Å². The van der Waals surface area contributed by atoms with Crippen LogP contribution >= 0.6 is 0 Å². The smallest absolute Gasteiger partial charge is 0.139 e. The maximum atomic E-state index is 14.8. The molecule has 2 saturated heterocycles. The molecule has 0 saturated carbocycles. The first-order chi connectivity index (χ1) is 7.66. The number of alkyl halides is 1. The molecule has 86 valence electrons. The van der Waals surface area contributed by atoms with E-state index in [1.807, 2.05) is 0 Å². The lowest BCUT2D eigenvalue weighted by atomic mass is 9.83. The number of hydrogen-bond acceptors (Lipinski definition) is 1. The van der Waals surface area contributed by atoms with E-state index in [-0.39, 0.29) is 17.9 Å². The highest BCUT2D eigenvalue weighted by Crippen LogP contribution is 2.43. The van der Waals surface area contributed by atoms with Crippen LogP contribution in [0.3, 0.4) is 0 Å². The van der Waals surface area contributed by atoms with Gasteiger partial charge in [-0.3, -0.25) is 0 Å². The lowest BCUT2D eigenvalue weighted by Gasteiger charge is -2.35. The van der Waals surface area contributed by atoms with Crippen molar-refractivity contribution in [2.75, 3.05) is 0 Å². The van der Waals surface area contributed by atoms with Crippen LogP contribution in [0.1, 0.15) is 31.2 Å². The highest BCUT2D eigenvalue weighted by molar-refractivity contribution is 5.25. The zero-order valence-electron chi connectivity index (χ0n) is 9.05. The SMILES string of the molecule is Fc1cccc(C2(F)CC3CCC(C2)N3)c1. The van der Waals surface area contributed by atoms with E-state index < -0.39 is 5.67 Å². The molecule has 0 amide bonds. The third-order valence-electron chi connectivity index (χ3n) is 3.82. The van der Waals surface area contributed by atoms with Crippen molar-refractivity contribution >= 4 is 0 Å². The highest BCUT2D eigenvalue weighted by atomic mass is 19.1. The van der Waals surface area contributed by atoms with Gasteiger partial charge in [-0.05, 0) is 30.5 Å². The molecule has 16 heavy (non-hydrogen) atoms. The number of piperidine rings is 1. The van der Waals surface area contributed by atoms with Crippen LogP contribution in [-0.4, -0.2) is 12.1 Å². The summed E-state index contributed by atoms with van der Waals surface area (Å²) in [5.74, 6) is -0.347. The van der Waals surface area contributed by atoms with E-state index >= 15 is 0 Å². The van der Waals surface area contributed by atoms with Gasteiger partial charge in [-0.25, -0.2) is 8.78 Å². The molecule has 0 radical (unpaired) electrons. The second-order valence-corrected chi connectivity index (χ2v) is 5.02. The number of halogens is 2. The number of hydrogen-bond donors (Lipinski definition) is 1. The van der Waals surface area contributed by atoms with Gasteiger partial charge in [0, 0.05) is 24.9 Å². The Morgan fingerprint density at radius 2 is 1.88 bits per heavy atom. The molecule has 2 unspecified atom stereocenters. The molecule has 2 aliphatic heterocycles. The molecular weight excluding hydrogens is 208 g/mol. The van der Waals surface area contributed by atoms with Crippen molar-refractivity contribution in [2.24, 2.45) is 0 Å². The van der Waals surface area contributed by atoms with Gasteiger partial charge in [0.25, 0.3) is 0 Å². The largest absolute Gasteiger partial charge is 0.311 e. The summed E-state index contributed by atoms with van der Waals surface area (Å²) >= 11 is 0. The minimum absolute atomic E-state index is 0.270. The summed E-state index contributed by atoms with van der Waals surface area (Å²) in [5, 5.41) is 3.40. The van der Waals surface area contributed by atoms with Gasteiger partial charge in [0.05, 0.1) is 0 Å². The van der Waals surface area contributed by atoms with Crippen LogP contribution in [-0.2, 0) is 5.67 Å². The quantitative estimate of drug-likeness (QED) is 0.772. The molecule has 2 aliphatic rings. The van der Waals surface area contributed by atoms with Crippen molar-refractivity contribution in [1.29, 1.82) is 0 Å². The predicted octanol–water partition coefficient (Wildman–Crippen LogP) is 2.90. The summed E-state index contributed by atoms with van der Waals surface area (Å²) in [7, 11) is 0. The normalized spacial score (nSPS) is 37.6. The average Bonchev–Trinajstić information content (AvgIpc) is 2.59. The van der Waals surface area contributed by atoms with Crippen molar-refractivity contribution in [3.8, 4) is 0 Å². The number of rotatable bonds is 1. The molecule has 0 aliphatic carbocycles. The van der Waals surface area contributed by atoms with Crippen LogP contribution < -0.4 is 5.32 Å². The third-order valence-corrected chi connectivity index (χ3v) is 3.82. The van der Waals surface area contributed by atoms with E-state index in [4.69, 9.17) is 0 Å². The van der Waals surface area contributed by atoms with Gasteiger partial charge in [0.15, 0.2) is 0 Å². The molecule has 2 fully saturated rings. The molecular formula is C13H15F2N. The van der Waals surface area contributed by atoms with Crippen molar-refractivity contribution < 1.29 is 8.78 Å². The van der Waals surface area contributed by atoms with E-state index in [2.05, 4.69) is 5.32 Å². The summed E-state index contributed by atoms with van der Waals surface area (Å²) < 4.78 is 27.9. The maximum absolute atomic E-state index is 14.8. The number of benzene rings is 1. The van der Waals surface area contributed by atoms with E-state index in [0.29, 0.717) is 18.4 Å². The summed E-state index contributed by atoms with van der Waals surface area (Å²) in [6.07, 6.45) is 3.05. The Bertz CT molecular complexity index is 393. The summed E-state index contributed by atoms with van der Waals surface area (Å²) in [6.45, 7) is 0. The highest BCUT2D eigenvalue weighted by Gasteiger charge is 2.45. The monoisotopic (exact) mass is 223 g/mol. The van der Waals surface area contributed by atoms with E-state index in [1.54, 1.807) is 12.1 Å². The zero-order chi connectivity index (χ0) is 11.2. The summed E-state index contributed by atoms with van der Waals surface area (Å²) in [6, 6.07) is 6.54. The van der Waals surface area contributed by atoms with Crippen LogP contribution in [0.2, 0.25) is 0 Å². The molecule has 1 aromatic rings. The minimum Gasteiger partial charge on any atom is -0.311 e. The molecule has 1 N–H and O–H groups in total. The fourth-order valence-corrected chi connectivity index (χ4v) is 3.09. The molecule has 2 atom stereocenters. The first kappa shape index (κ1) is 10.2. The van der Waals surface area contributed by atoms with Crippen molar-refractivity contribution in [2.45, 2.75) is 43.4 Å². The van der Waals surface area contributed by atoms with Crippen LogP contribution in [0.15, 0.2) is 24.3 Å². The van der Waals surface area contributed by atoms with E-state index in [0.717, 1.165) is 12.8 Å². The number of nitrogens with one attached hydrogen (secondary N) is 1. The van der Waals surface area contributed by atoms with Gasteiger partial charge in [-0.2, -0.15) is 0 Å². The number of fused-ring (bicyclic) bond motifs is 2. The Morgan fingerprint density at radius 3 is 2.50 bits per heavy atom. The molecule has 0 spiro atoms. The molecule has 1 nitrogen and oxygen atoms in total. The lowest BCUT2D eigenvalue weighted by molar-refractivity contribution is 0.0870. The fraction of sp³-hybridized carbons (Fsp3) is 0.538. The Hall–Kier alpha value is -0.960. The van der Waals surface area contributed by atoms with Crippen molar-refractivity contribution in [3.05, 3.63) is 35.6 Å². The first-order valence-corrected chi connectivity index (χ1v) is 5.87. The Balaban J connectivity index is 1.93. The standard InChI is InChI=1S/C13H15F2N/c14-10-3-1-2-9(6-10)13(15)7-11-4-5-12(8-13)16-11/h1-3,6,11-12,16H,4-5,7-8H2. The Kier molecular flexibility index (Phi) is 2.25. The molecule has 1 aromatic carbocycles.